The van der Waals surface area contributed by atoms with Crippen LogP contribution in [0.1, 0.15) is 126 Å². The number of nitrogens with zero attached hydrogens (tertiary/aromatic N) is 2. The average molecular weight is 2020 g/mol. The van der Waals surface area contributed by atoms with Crippen molar-refractivity contribution in [3.05, 3.63) is 186 Å². The van der Waals surface area contributed by atoms with Crippen molar-refractivity contribution in [3.8, 4) is 11.5 Å². The summed E-state index contributed by atoms with van der Waals surface area (Å²) in [6, 6.07) is 14.4. The summed E-state index contributed by atoms with van der Waals surface area (Å²) in [6.45, 7) is 6.18. The summed E-state index contributed by atoms with van der Waals surface area (Å²) >= 11 is 0.745. The van der Waals surface area contributed by atoms with Gasteiger partial charge in [0, 0.05) is 93.4 Å². The zero-order valence-corrected chi connectivity index (χ0v) is 82.1. The van der Waals surface area contributed by atoms with Gasteiger partial charge in [0.25, 0.3) is 0 Å². The van der Waals surface area contributed by atoms with Crippen molar-refractivity contribution < 1.29 is 97.1 Å². The van der Waals surface area contributed by atoms with Crippen LogP contribution in [0.3, 0.4) is 0 Å². The van der Waals surface area contributed by atoms with Crippen LogP contribution in [-0.2, 0) is 122 Å². The molecule has 46 nitrogen and oxygen atoms in total. The molecule has 778 valence electrons. The van der Waals surface area contributed by atoms with Gasteiger partial charge in [0.1, 0.15) is 95.1 Å². The van der Waals surface area contributed by atoms with Gasteiger partial charge < -0.3 is 143 Å². The van der Waals surface area contributed by atoms with Crippen LogP contribution in [0.15, 0.2) is 152 Å². The number of unbranched alkanes of at least 4 members (excludes halogenated alkanes) is 1. The van der Waals surface area contributed by atoms with Crippen LogP contribution >= 0.6 is 11.8 Å². The Morgan fingerprint density at radius 3 is 1.38 bits per heavy atom. The molecule has 0 aliphatic carbocycles. The van der Waals surface area contributed by atoms with Crippen LogP contribution in [0.4, 0.5) is 0 Å². The number of aromatic nitrogens is 3. The molecule has 2 aromatic heterocycles. The monoisotopic (exact) mass is 2010 g/mol. The maximum Gasteiger partial charge on any atom is 0.248 e. The number of phenols is 2. The molecule has 1 aliphatic heterocycles. The van der Waals surface area contributed by atoms with Gasteiger partial charge in [-0.3, -0.25) is 87.5 Å². The third kappa shape index (κ3) is 35.8. The van der Waals surface area contributed by atoms with Crippen molar-refractivity contribution in [2.24, 2.45) is 35.9 Å². The van der Waals surface area contributed by atoms with E-state index in [0.717, 1.165) is 18.7 Å². The number of aromatic amines is 1. The third-order valence-corrected chi connectivity index (χ3v) is 25.3. The molecule has 144 heavy (non-hydrogen) atoms. The van der Waals surface area contributed by atoms with E-state index in [9.17, 15) is 54.0 Å². The van der Waals surface area contributed by atoms with Gasteiger partial charge >= 0.3 is 0 Å². The summed E-state index contributed by atoms with van der Waals surface area (Å²) in [7, 11) is 1.59. The molecule has 47 heteroatoms. The number of thioether (sulfide) groups is 1. The normalized spacial score (nSPS) is 23.0. The first-order valence-corrected chi connectivity index (χ1v) is 48.3. The average Bonchev–Trinajstić information content (AvgIpc) is 1.70. The Morgan fingerprint density at radius 1 is 0.493 bits per heavy atom. The smallest absolute Gasteiger partial charge is 0.248 e. The SMILES string of the molecule is CC[C@H](C)[C@@H]1NC(=O)[C@](C)([C@@H](C)O)NC(=O)[C@H](Cc2cncn2C)NC(=O)[C@H](Cc2ccccc2)NC(=O)CSC[C@@H](C(=O)NCC(N)=O)NC(=O)[C@H](Cc2ccc(O)cc2)NC(=O)[C@H](Cc2c[nH]c3ccccc23)NC(=O)[C@H](Cc2ccc(O)cc2)NC(=O)[C@H](CCCNC(=N)N)NC(=O)[C@H](Cc2ccccc2)NC(=O)C(C)(C)NC(=O)[C@H](CO)NC(=O)[C@H](CCCCN)NC(=O)[C@H](CCCNC(=N)N)NC1=O. The van der Waals surface area contributed by atoms with E-state index < -0.39 is 240 Å². The highest BCUT2D eigenvalue weighted by molar-refractivity contribution is 8.00. The van der Waals surface area contributed by atoms with Gasteiger partial charge in [-0.2, -0.15) is 0 Å². The van der Waals surface area contributed by atoms with Crippen LogP contribution in [0.25, 0.3) is 10.9 Å². The molecule has 0 radical (unpaired) electrons. The Hall–Kier alpha value is -15.3. The number of aromatic hydroxyl groups is 2. The van der Waals surface area contributed by atoms with E-state index in [1.54, 1.807) is 112 Å². The number of imidazole rings is 1. The number of amides is 16. The predicted molar refractivity (Wildman–Crippen MR) is 534 cm³/mol. The number of nitrogens with two attached hydrogens (primary N) is 4. The number of nitrogens with one attached hydrogen (secondary N) is 20. The molecule has 1 aliphatic rings. The minimum atomic E-state index is -2.39. The van der Waals surface area contributed by atoms with E-state index in [4.69, 9.17) is 33.8 Å². The lowest BCUT2D eigenvalue weighted by Gasteiger charge is -2.36. The van der Waals surface area contributed by atoms with Gasteiger partial charge in [-0.15, -0.1) is 11.8 Å². The maximum absolute atomic E-state index is 15.7. The second kappa shape index (κ2) is 55.8. The number of primary amides is 1. The number of H-pyrrole nitrogens is 1. The number of phenolic OH excluding ortho intramolecular Hbond substituents is 2. The number of benzene rings is 5. The lowest BCUT2D eigenvalue weighted by atomic mass is 9.91. The van der Waals surface area contributed by atoms with E-state index in [1.165, 1.54) is 86.4 Å². The van der Waals surface area contributed by atoms with Crippen LogP contribution < -0.4 is 113 Å². The summed E-state index contributed by atoms with van der Waals surface area (Å²) in [5, 5.41) is 105. The number of carbonyl (C=O) groups excluding carboxylic acids is 16. The third-order valence-electron chi connectivity index (χ3n) is 24.2. The van der Waals surface area contributed by atoms with Gasteiger partial charge in [0.05, 0.1) is 31.3 Å². The highest BCUT2D eigenvalue weighted by atomic mass is 32.2. The highest BCUT2D eigenvalue weighted by Crippen LogP contribution is 2.24. The fourth-order valence-electron chi connectivity index (χ4n) is 15.5. The molecule has 1 saturated heterocycles. The zero-order valence-electron chi connectivity index (χ0n) is 81.3. The number of hydrogen-bond acceptors (Lipinski definition) is 25. The first kappa shape index (κ1) is 114. The Bertz CT molecular complexity index is 5600. The molecule has 0 bridgehead atoms. The van der Waals surface area contributed by atoms with Gasteiger partial charge in [0.15, 0.2) is 11.9 Å². The molecule has 32 N–H and O–H groups in total. The number of aliphatic hydroxyl groups excluding tert-OH is 2. The summed E-state index contributed by atoms with van der Waals surface area (Å²) in [5.74, 6) is -19.8. The Labute approximate surface area is 836 Å². The number of rotatable bonds is 31. The Kier molecular flexibility index (Phi) is 44.2. The Morgan fingerprint density at radius 2 is 0.917 bits per heavy atom. The first-order valence-electron chi connectivity index (χ1n) is 47.2. The number of guanidine groups is 2. The van der Waals surface area contributed by atoms with E-state index in [-0.39, 0.29) is 102 Å². The van der Waals surface area contributed by atoms with Gasteiger partial charge in [0.2, 0.25) is 94.5 Å². The fraction of sp³-hybridized carbons (Fsp3) is 0.454. The minimum absolute atomic E-state index is 0.0121. The van der Waals surface area contributed by atoms with E-state index >= 15 is 43.2 Å². The van der Waals surface area contributed by atoms with Gasteiger partial charge in [-0.25, -0.2) is 4.98 Å². The molecule has 5 aromatic carbocycles. The molecule has 1 fully saturated rings. The lowest BCUT2D eigenvalue weighted by Crippen LogP contribution is -2.68. The quantitative estimate of drug-likeness (QED) is 0.0112. The van der Waals surface area contributed by atoms with Gasteiger partial charge in [-0.05, 0) is 143 Å². The molecule has 15 atom stereocenters. The van der Waals surface area contributed by atoms with Crippen molar-refractivity contribution in [2.45, 2.75) is 221 Å². The second-order valence-electron chi connectivity index (χ2n) is 36.0. The highest BCUT2D eigenvalue weighted by Gasteiger charge is 2.46. The van der Waals surface area contributed by atoms with Crippen LogP contribution in [0.2, 0.25) is 0 Å². The summed E-state index contributed by atoms with van der Waals surface area (Å²) in [6.07, 6.45) is 0.448. The van der Waals surface area contributed by atoms with Crippen LogP contribution in [0, 0.1) is 16.7 Å². The molecule has 0 saturated carbocycles. The first-order chi connectivity index (χ1) is 68.5. The van der Waals surface area contributed by atoms with E-state index in [1.807, 2.05) is 0 Å². The molecule has 3 heterocycles. The number of aliphatic hydroxyl groups is 2. The fourth-order valence-corrected chi connectivity index (χ4v) is 16.3. The second-order valence-corrected chi connectivity index (χ2v) is 37.1. The molecule has 0 unspecified atom stereocenters. The number of aryl methyl sites for hydroxylation is 1. The van der Waals surface area contributed by atoms with Crippen LogP contribution in [-0.4, -0.2) is 275 Å². The van der Waals surface area contributed by atoms with Crippen LogP contribution in [0.5, 0.6) is 11.5 Å². The molecular formula is C97H134N26O20S. The number of hydrogen-bond donors (Lipinski definition) is 28. The summed E-state index contributed by atoms with van der Waals surface area (Å²) in [5.41, 5.74) is 21.2. The zero-order chi connectivity index (χ0) is 105. The molecule has 8 rings (SSSR count). The summed E-state index contributed by atoms with van der Waals surface area (Å²) < 4.78 is 1.53. The minimum Gasteiger partial charge on any atom is -0.508 e. The molecule has 16 amide bonds. The van der Waals surface area contributed by atoms with Crippen molar-refractivity contribution in [2.75, 3.05) is 44.3 Å². The van der Waals surface area contributed by atoms with Crippen molar-refractivity contribution in [3.63, 3.8) is 0 Å². The predicted octanol–water partition coefficient (Wildman–Crippen LogP) is -3.92. The molecular weight excluding hydrogens is 1880 g/mol. The number of para-hydroxylation sites is 1. The topological polar surface area (TPSA) is 744 Å². The molecule has 0 spiro atoms. The maximum atomic E-state index is 15.7. The largest absolute Gasteiger partial charge is 0.508 e. The van der Waals surface area contributed by atoms with Crippen molar-refractivity contribution in [1.82, 2.24) is 105 Å². The van der Waals surface area contributed by atoms with Crippen molar-refractivity contribution in [1.29, 1.82) is 10.8 Å². The Balaban J connectivity index is 1.24. The van der Waals surface area contributed by atoms with Crippen molar-refractivity contribution >= 4 is 129 Å². The summed E-state index contributed by atoms with van der Waals surface area (Å²) in [4.78, 5) is 246. The van der Waals surface area contributed by atoms with Gasteiger partial charge in [-0.1, -0.05) is 123 Å². The standard InChI is InChI=1S/C97H134N26O20S/c1-8-54(2)79-91(141)112-68(29-20-40-106-95(102)103)81(131)110-66(27-17-18-38-98)83(133)117-75(50-124)90(140)121-96(4,5)92(142)119-72(42-57-23-13-10-14-24-57)87(137)111-67(28-19-39-105-94(100)101)82(132)113-70(43-58-30-34-62(126)35-31-58)85(135)115-73(45-60-47-107-65-26-16-15-25-64(60)65)88(138)114-71(44-59-32-36-63(127)37-33-59)86(136)118-76(80(130)108-49-77(99)128)51-144-52-78(129)109-69(41-56-21-11-9-12-22-56)84(134)116-74(46-61-48-104-53-123(61)7)89(139)122-97(6,55(3)125)93(143)120-79/h9-16,21-26,30-37,47-48,53-55,66-76,79,107,124-127H,8,17-20,27-29,38-46,49-52,98H2,1-7H3,(H2,99,128)(H,108,130)(H,109,129)(H,110,131)(H,111,137)(H,112,141)(H,113,132)(H,114,138)(H,115,135)(H,116,134)(H,117,133)(H,118,136)(H,119,142)(H,120,143)(H,121,140)(H,122,139)(H4,100,101,105)(H4,102,103,106)/t54-,55+,66-,67-,68-,69-,70-,71-,72-,73-,74-,75-,76-,79-,97-/m0/s1. The van der Waals surface area contributed by atoms with E-state index in [0.29, 0.717) is 50.8 Å². The molecule has 7 aromatic rings. The lowest BCUT2D eigenvalue weighted by molar-refractivity contribution is -0.141. The number of carbonyl (C=O) groups is 16. The number of fused-ring (bicyclic) bond motifs is 1. The van der Waals surface area contributed by atoms with E-state index in [2.05, 4.69) is 100 Å².